The molecule has 0 aliphatic carbocycles. The van der Waals surface area contributed by atoms with Crippen LogP contribution in [0.4, 0.5) is 0 Å². The molecule has 0 saturated carbocycles. The number of hydrogen-bond donors (Lipinski definition) is 0. The van der Waals surface area contributed by atoms with Crippen LogP contribution in [0.15, 0.2) is 47.0 Å². The SMILES string of the molecule is Cc1cc(C#N)c2oc3c(-c4cccc[n+]4C)c(C)cc(C)c3c2c1. The van der Waals surface area contributed by atoms with E-state index in [1.54, 1.807) is 0 Å². The quantitative estimate of drug-likeness (QED) is 0.468. The summed E-state index contributed by atoms with van der Waals surface area (Å²) < 4.78 is 8.39. The van der Waals surface area contributed by atoms with Gasteiger partial charge in [0.2, 0.25) is 5.69 Å². The van der Waals surface area contributed by atoms with Crippen molar-refractivity contribution in [3.05, 3.63) is 64.8 Å². The second-order valence-electron chi connectivity index (χ2n) is 6.69. The lowest BCUT2D eigenvalue weighted by atomic mass is 9.96. The van der Waals surface area contributed by atoms with E-state index in [2.05, 4.69) is 42.7 Å². The van der Waals surface area contributed by atoms with Crippen LogP contribution in [0.5, 0.6) is 0 Å². The summed E-state index contributed by atoms with van der Waals surface area (Å²) in [4.78, 5) is 0. The topological polar surface area (TPSA) is 40.8 Å². The molecular weight excluding hydrogens is 308 g/mol. The number of aryl methyl sites for hydroxylation is 4. The molecule has 0 amide bonds. The highest BCUT2D eigenvalue weighted by molar-refractivity contribution is 6.12. The molecule has 4 aromatic rings. The summed E-state index contributed by atoms with van der Waals surface area (Å²) in [5.74, 6) is 0. The zero-order chi connectivity index (χ0) is 17.7. The normalized spacial score (nSPS) is 11.2. The third kappa shape index (κ3) is 2.22. The molecule has 122 valence electrons. The zero-order valence-corrected chi connectivity index (χ0v) is 14.8. The van der Waals surface area contributed by atoms with Crippen LogP contribution in [0.2, 0.25) is 0 Å². The first-order valence-corrected chi connectivity index (χ1v) is 8.33. The van der Waals surface area contributed by atoms with Gasteiger partial charge in [0.25, 0.3) is 0 Å². The van der Waals surface area contributed by atoms with Gasteiger partial charge in [-0.05, 0) is 55.7 Å². The highest BCUT2D eigenvalue weighted by Crippen LogP contribution is 2.40. The Morgan fingerprint density at radius 1 is 1.00 bits per heavy atom. The van der Waals surface area contributed by atoms with Crippen molar-refractivity contribution in [1.82, 2.24) is 0 Å². The van der Waals surface area contributed by atoms with Gasteiger partial charge in [0.05, 0.1) is 11.1 Å². The Bertz CT molecular complexity index is 1190. The van der Waals surface area contributed by atoms with E-state index in [0.717, 1.165) is 33.2 Å². The summed E-state index contributed by atoms with van der Waals surface area (Å²) in [7, 11) is 2.04. The van der Waals surface area contributed by atoms with Crippen molar-refractivity contribution in [2.75, 3.05) is 0 Å². The molecule has 0 unspecified atom stereocenters. The van der Waals surface area contributed by atoms with Crippen LogP contribution in [0.3, 0.4) is 0 Å². The fraction of sp³-hybridized carbons (Fsp3) is 0.182. The number of hydrogen-bond acceptors (Lipinski definition) is 2. The van der Waals surface area contributed by atoms with Gasteiger partial charge >= 0.3 is 0 Å². The van der Waals surface area contributed by atoms with Gasteiger partial charge < -0.3 is 4.42 Å². The fourth-order valence-electron chi connectivity index (χ4n) is 3.74. The lowest BCUT2D eigenvalue weighted by Gasteiger charge is -2.07. The summed E-state index contributed by atoms with van der Waals surface area (Å²) in [5.41, 5.74) is 7.71. The number of aromatic nitrogens is 1. The van der Waals surface area contributed by atoms with Gasteiger partial charge in [-0.15, -0.1) is 0 Å². The smallest absolute Gasteiger partial charge is 0.216 e. The van der Waals surface area contributed by atoms with E-state index in [9.17, 15) is 5.26 Å². The maximum atomic E-state index is 9.53. The van der Waals surface area contributed by atoms with Crippen LogP contribution in [-0.2, 0) is 7.05 Å². The zero-order valence-electron chi connectivity index (χ0n) is 14.8. The third-order valence-corrected chi connectivity index (χ3v) is 4.81. The van der Waals surface area contributed by atoms with Crippen LogP contribution < -0.4 is 4.57 Å². The van der Waals surface area contributed by atoms with Crippen molar-refractivity contribution in [2.24, 2.45) is 7.05 Å². The Labute approximate surface area is 146 Å². The highest BCUT2D eigenvalue weighted by Gasteiger charge is 2.22. The summed E-state index contributed by atoms with van der Waals surface area (Å²) in [6, 6.07) is 14.6. The number of benzene rings is 2. The minimum Gasteiger partial charge on any atom is -0.454 e. The Morgan fingerprint density at radius 3 is 2.52 bits per heavy atom. The predicted octanol–water partition coefficient (Wildman–Crippen LogP) is 4.87. The molecule has 25 heavy (non-hydrogen) atoms. The van der Waals surface area contributed by atoms with Crippen LogP contribution in [-0.4, -0.2) is 0 Å². The third-order valence-electron chi connectivity index (χ3n) is 4.81. The van der Waals surface area contributed by atoms with Crippen LogP contribution in [0, 0.1) is 32.1 Å². The molecule has 0 fully saturated rings. The number of nitriles is 1. The second kappa shape index (κ2) is 5.46. The van der Waals surface area contributed by atoms with Crippen molar-refractivity contribution in [1.29, 1.82) is 5.26 Å². The molecule has 0 atom stereocenters. The van der Waals surface area contributed by atoms with Gasteiger partial charge in [-0.25, -0.2) is 4.57 Å². The number of furan rings is 1. The number of nitrogens with zero attached hydrogens (tertiary/aromatic N) is 2. The summed E-state index contributed by atoms with van der Waals surface area (Å²) in [5, 5.41) is 11.6. The second-order valence-corrected chi connectivity index (χ2v) is 6.69. The molecular formula is C22H19N2O+. The van der Waals surface area contributed by atoms with Crippen molar-refractivity contribution in [2.45, 2.75) is 20.8 Å². The Balaban J connectivity index is 2.25. The molecule has 4 rings (SSSR count). The lowest BCUT2D eigenvalue weighted by Crippen LogP contribution is -2.30. The standard InChI is InChI=1S/C22H19N2O/c1-13-9-16(12-23)21-17(10-13)19-14(2)11-15(3)20(22(19)25-21)18-7-5-6-8-24(18)4/h5-11H,1-4H3/q+1. The summed E-state index contributed by atoms with van der Waals surface area (Å²) >= 11 is 0. The first-order chi connectivity index (χ1) is 12.0. The van der Waals surface area contributed by atoms with E-state index in [1.807, 2.05) is 38.4 Å². The molecule has 0 aliphatic heterocycles. The van der Waals surface area contributed by atoms with Crippen molar-refractivity contribution in [3.8, 4) is 17.3 Å². The first kappa shape index (κ1) is 15.4. The van der Waals surface area contributed by atoms with E-state index < -0.39 is 0 Å². The molecule has 0 saturated heterocycles. The predicted molar refractivity (Wildman–Crippen MR) is 99.3 cm³/mol. The van der Waals surface area contributed by atoms with E-state index in [1.165, 1.54) is 11.1 Å². The van der Waals surface area contributed by atoms with Gasteiger partial charge in [0.15, 0.2) is 11.8 Å². The maximum Gasteiger partial charge on any atom is 0.216 e. The van der Waals surface area contributed by atoms with E-state index in [-0.39, 0.29) is 0 Å². The fourth-order valence-corrected chi connectivity index (χ4v) is 3.74. The van der Waals surface area contributed by atoms with Crippen LogP contribution in [0.1, 0.15) is 22.3 Å². The van der Waals surface area contributed by atoms with Crippen molar-refractivity contribution >= 4 is 21.9 Å². The Morgan fingerprint density at radius 2 is 1.80 bits per heavy atom. The van der Waals surface area contributed by atoms with Crippen molar-refractivity contribution in [3.63, 3.8) is 0 Å². The van der Waals surface area contributed by atoms with Gasteiger partial charge in [0.1, 0.15) is 18.7 Å². The molecule has 2 aromatic carbocycles. The Kier molecular flexibility index (Phi) is 3.36. The van der Waals surface area contributed by atoms with Crippen molar-refractivity contribution < 1.29 is 8.98 Å². The molecule has 3 nitrogen and oxygen atoms in total. The average molecular weight is 327 g/mol. The summed E-state index contributed by atoms with van der Waals surface area (Å²) in [6.07, 6.45) is 2.04. The van der Waals surface area contributed by atoms with E-state index in [4.69, 9.17) is 4.42 Å². The van der Waals surface area contributed by atoms with Gasteiger partial charge in [-0.1, -0.05) is 6.07 Å². The molecule has 0 radical (unpaired) electrons. The molecule has 0 N–H and O–H groups in total. The van der Waals surface area contributed by atoms with E-state index in [0.29, 0.717) is 11.1 Å². The largest absolute Gasteiger partial charge is 0.454 e. The molecule has 0 bridgehead atoms. The molecule has 2 heterocycles. The van der Waals surface area contributed by atoms with Gasteiger partial charge in [0, 0.05) is 22.9 Å². The van der Waals surface area contributed by atoms with Gasteiger partial charge in [-0.3, -0.25) is 0 Å². The van der Waals surface area contributed by atoms with Crippen LogP contribution >= 0.6 is 0 Å². The molecule has 0 aliphatic rings. The molecule has 2 aromatic heterocycles. The minimum absolute atomic E-state index is 0.589. The summed E-state index contributed by atoms with van der Waals surface area (Å²) in [6.45, 7) is 6.23. The number of rotatable bonds is 1. The maximum absolute atomic E-state index is 9.53. The molecule has 3 heteroatoms. The van der Waals surface area contributed by atoms with Crippen LogP contribution in [0.25, 0.3) is 33.2 Å². The monoisotopic (exact) mass is 327 g/mol. The Hall–Kier alpha value is -3.12. The first-order valence-electron chi connectivity index (χ1n) is 8.33. The minimum atomic E-state index is 0.589. The van der Waals surface area contributed by atoms with Gasteiger partial charge in [-0.2, -0.15) is 5.26 Å². The lowest BCUT2D eigenvalue weighted by molar-refractivity contribution is -0.660. The average Bonchev–Trinajstić information content (AvgIpc) is 2.95. The van der Waals surface area contributed by atoms with E-state index >= 15 is 0 Å². The highest BCUT2D eigenvalue weighted by atomic mass is 16.3. The molecule has 0 spiro atoms. The number of pyridine rings is 1. The number of fused-ring (bicyclic) bond motifs is 3.